The van der Waals surface area contributed by atoms with Gasteiger partial charge in [-0.3, -0.25) is 9.59 Å². The lowest BCUT2D eigenvalue weighted by Crippen LogP contribution is -2.25. The third-order valence-corrected chi connectivity index (χ3v) is 3.73. The molecule has 1 aliphatic rings. The molecular weight excluding hydrogens is 260 g/mol. The number of rotatable bonds is 6. The van der Waals surface area contributed by atoms with Gasteiger partial charge in [-0.15, -0.1) is 0 Å². The molecule has 0 bridgehead atoms. The summed E-state index contributed by atoms with van der Waals surface area (Å²) < 4.78 is 0. The van der Waals surface area contributed by atoms with Crippen molar-refractivity contribution in [2.24, 2.45) is 29.2 Å². The van der Waals surface area contributed by atoms with Crippen molar-refractivity contribution in [1.29, 1.82) is 0 Å². The molecule has 6 N–H and O–H groups in total. The highest BCUT2D eigenvalue weighted by Gasteiger charge is 2.29. The van der Waals surface area contributed by atoms with Crippen LogP contribution in [0.2, 0.25) is 0 Å². The summed E-state index contributed by atoms with van der Waals surface area (Å²) in [5.74, 6) is -1.57. The normalized spacial score (nSPS) is 23.4. The van der Waals surface area contributed by atoms with Crippen molar-refractivity contribution in [3.63, 3.8) is 0 Å². The average Bonchev–Trinajstić information content (AvgIpc) is 2.45. The minimum absolute atomic E-state index is 0.319. The third kappa shape index (κ3) is 8.12. The van der Waals surface area contributed by atoms with Crippen molar-refractivity contribution >= 4 is 11.9 Å². The molecule has 0 radical (unpaired) electrons. The molecule has 6 nitrogen and oxygen atoms in total. The number of hydrogen-bond donors (Lipinski definition) is 4. The molecule has 0 spiro atoms. The van der Waals surface area contributed by atoms with E-state index < -0.39 is 11.9 Å². The van der Waals surface area contributed by atoms with Gasteiger partial charge in [-0.1, -0.05) is 6.92 Å². The molecule has 1 aliphatic carbocycles. The van der Waals surface area contributed by atoms with Crippen LogP contribution in [-0.2, 0) is 9.59 Å². The zero-order chi connectivity index (χ0) is 15.5. The topological polar surface area (TPSA) is 127 Å². The Balaban J connectivity index is 0.000000396. The molecule has 0 heterocycles. The summed E-state index contributed by atoms with van der Waals surface area (Å²) in [6.45, 7) is 3.74. The maximum atomic E-state index is 10.5. The number of nitrogens with two attached hydrogens (primary N) is 2. The van der Waals surface area contributed by atoms with Crippen LogP contribution >= 0.6 is 0 Å². The van der Waals surface area contributed by atoms with Crippen molar-refractivity contribution < 1.29 is 19.8 Å². The molecule has 0 amide bonds. The smallest absolute Gasteiger partial charge is 0.306 e. The second-order valence-corrected chi connectivity index (χ2v) is 5.50. The van der Waals surface area contributed by atoms with Gasteiger partial charge in [-0.2, -0.15) is 0 Å². The maximum absolute atomic E-state index is 10.5. The van der Waals surface area contributed by atoms with Gasteiger partial charge in [-0.05, 0) is 57.5 Å². The summed E-state index contributed by atoms with van der Waals surface area (Å²) in [5.41, 5.74) is 10.7. The van der Waals surface area contributed by atoms with E-state index in [0.717, 1.165) is 19.5 Å². The average molecular weight is 288 g/mol. The van der Waals surface area contributed by atoms with E-state index >= 15 is 0 Å². The second kappa shape index (κ2) is 10.6. The highest BCUT2D eigenvalue weighted by molar-refractivity contribution is 5.72. The molecule has 0 saturated heterocycles. The highest BCUT2D eigenvalue weighted by atomic mass is 16.4. The van der Waals surface area contributed by atoms with E-state index in [1.54, 1.807) is 0 Å². The van der Waals surface area contributed by atoms with Gasteiger partial charge in [0.1, 0.15) is 0 Å². The Labute approximate surface area is 120 Å². The van der Waals surface area contributed by atoms with Crippen LogP contribution in [0.25, 0.3) is 0 Å². The van der Waals surface area contributed by atoms with Crippen LogP contribution in [-0.4, -0.2) is 35.2 Å². The van der Waals surface area contributed by atoms with Gasteiger partial charge >= 0.3 is 11.9 Å². The molecule has 6 heteroatoms. The molecular formula is C14H28N2O4. The van der Waals surface area contributed by atoms with Gasteiger partial charge in [0.25, 0.3) is 0 Å². The van der Waals surface area contributed by atoms with Gasteiger partial charge in [-0.25, -0.2) is 0 Å². The van der Waals surface area contributed by atoms with Crippen LogP contribution in [0.3, 0.4) is 0 Å². The number of carboxylic acids is 2. The molecule has 0 aliphatic heterocycles. The van der Waals surface area contributed by atoms with Crippen molar-refractivity contribution in [3.05, 3.63) is 0 Å². The van der Waals surface area contributed by atoms with Crippen LogP contribution < -0.4 is 11.5 Å². The molecule has 1 unspecified atom stereocenters. The first-order chi connectivity index (χ1) is 9.42. The summed E-state index contributed by atoms with van der Waals surface area (Å²) in [4.78, 5) is 21.0. The number of carbonyl (C=O) groups is 2. The van der Waals surface area contributed by atoms with E-state index in [0.29, 0.717) is 31.6 Å². The zero-order valence-electron chi connectivity index (χ0n) is 12.3. The van der Waals surface area contributed by atoms with E-state index in [9.17, 15) is 9.59 Å². The summed E-state index contributed by atoms with van der Waals surface area (Å²) >= 11 is 0. The molecule has 1 saturated carbocycles. The number of carboxylic acid groups (broad SMARTS) is 2. The first-order valence-electron chi connectivity index (χ1n) is 7.28. The second-order valence-electron chi connectivity index (χ2n) is 5.50. The lowest BCUT2D eigenvalue weighted by Gasteiger charge is -2.22. The predicted octanol–water partition coefficient (Wildman–Crippen LogP) is 1.28. The van der Waals surface area contributed by atoms with E-state index in [-0.39, 0.29) is 11.8 Å². The predicted molar refractivity (Wildman–Crippen MR) is 77.2 cm³/mol. The molecule has 0 aromatic heterocycles. The van der Waals surface area contributed by atoms with E-state index in [4.69, 9.17) is 21.7 Å². The number of aliphatic carboxylic acids is 2. The van der Waals surface area contributed by atoms with Crippen molar-refractivity contribution in [3.8, 4) is 0 Å². The quantitative estimate of drug-likeness (QED) is 0.583. The summed E-state index contributed by atoms with van der Waals surface area (Å²) in [6.07, 6.45) is 4.31. The van der Waals surface area contributed by atoms with Gasteiger partial charge in [0, 0.05) is 0 Å². The Kier molecular flexibility index (Phi) is 10.0. The monoisotopic (exact) mass is 288 g/mol. The van der Waals surface area contributed by atoms with Crippen LogP contribution in [0.15, 0.2) is 0 Å². The van der Waals surface area contributed by atoms with Gasteiger partial charge in [0.2, 0.25) is 0 Å². The molecule has 0 aromatic rings. The fraction of sp³-hybridized carbons (Fsp3) is 0.857. The van der Waals surface area contributed by atoms with Crippen LogP contribution in [0.1, 0.15) is 45.4 Å². The van der Waals surface area contributed by atoms with Gasteiger partial charge in [0.15, 0.2) is 0 Å². The van der Waals surface area contributed by atoms with Gasteiger partial charge in [0.05, 0.1) is 11.8 Å². The van der Waals surface area contributed by atoms with Crippen molar-refractivity contribution in [1.82, 2.24) is 0 Å². The largest absolute Gasteiger partial charge is 0.481 e. The third-order valence-electron chi connectivity index (χ3n) is 3.73. The lowest BCUT2D eigenvalue weighted by molar-refractivity contribution is -0.148. The van der Waals surface area contributed by atoms with Crippen molar-refractivity contribution in [2.75, 3.05) is 13.1 Å². The van der Waals surface area contributed by atoms with Crippen LogP contribution in [0.4, 0.5) is 0 Å². The fourth-order valence-corrected chi connectivity index (χ4v) is 2.17. The molecule has 1 rings (SSSR count). The summed E-state index contributed by atoms with van der Waals surface area (Å²) in [6, 6.07) is 0. The maximum Gasteiger partial charge on any atom is 0.306 e. The molecule has 0 aromatic carbocycles. The van der Waals surface area contributed by atoms with Crippen LogP contribution in [0, 0.1) is 17.8 Å². The standard InChI is InChI=1S/C8H12O4.C6H16N2/c9-7(10)5-1-2-6(4-3-5)8(11)12;1-6(5-8)3-2-4-7/h5-6H,1-4H2,(H,9,10)(H,11,12);6H,2-5,7-8H2,1H3. The van der Waals surface area contributed by atoms with E-state index in [1.807, 2.05) is 0 Å². The summed E-state index contributed by atoms with van der Waals surface area (Å²) in [5, 5.41) is 17.2. The number of hydrogen-bond acceptors (Lipinski definition) is 4. The molecule has 20 heavy (non-hydrogen) atoms. The Bertz CT molecular complexity index is 267. The molecule has 1 fully saturated rings. The zero-order valence-corrected chi connectivity index (χ0v) is 12.3. The van der Waals surface area contributed by atoms with Gasteiger partial charge < -0.3 is 21.7 Å². The Hall–Kier alpha value is -1.14. The fourth-order valence-electron chi connectivity index (χ4n) is 2.17. The summed E-state index contributed by atoms with van der Waals surface area (Å²) in [7, 11) is 0. The Morgan fingerprint density at radius 1 is 1.05 bits per heavy atom. The SMILES string of the molecule is CC(CN)CCCN.O=C(O)C1CCC(C(=O)O)CC1. The highest BCUT2D eigenvalue weighted by Crippen LogP contribution is 2.28. The van der Waals surface area contributed by atoms with Crippen molar-refractivity contribution in [2.45, 2.75) is 45.4 Å². The first-order valence-corrected chi connectivity index (χ1v) is 7.28. The van der Waals surface area contributed by atoms with E-state index in [2.05, 4.69) is 6.92 Å². The Morgan fingerprint density at radius 2 is 1.45 bits per heavy atom. The minimum atomic E-state index is -0.793. The Morgan fingerprint density at radius 3 is 1.70 bits per heavy atom. The molecule has 118 valence electrons. The first kappa shape index (κ1) is 18.9. The van der Waals surface area contributed by atoms with E-state index in [1.165, 1.54) is 6.42 Å². The van der Waals surface area contributed by atoms with Crippen LogP contribution in [0.5, 0.6) is 0 Å². The minimum Gasteiger partial charge on any atom is -0.481 e. The lowest BCUT2D eigenvalue weighted by atomic mass is 9.82. The molecule has 1 atom stereocenters.